The highest BCUT2D eigenvalue weighted by atomic mass is 19.4. The van der Waals surface area contributed by atoms with Crippen LogP contribution in [0.5, 0.6) is 0 Å². The zero-order valence-corrected chi connectivity index (χ0v) is 13.8. The van der Waals surface area contributed by atoms with Crippen LogP contribution < -0.4 is 5.73 Å². The van der Waals surface area contributed by atoms with E-state index in [-0.39, 0.29) is 11.1 Å². The second-order valence-corrected chi connectivity index (χ2v) is 5.70. The maximum Gasteiger partial charge on any atom is 0.435 e. The van der Waals surface area contributed by atoms with Crippen LogP contribution >= 0.6 is 0 Å². The molecule has 3 rings (SSSR count). The predicted molar refractivity (Wildman–Crippen MR) is 87.5 cm³/mol. The van der Waals surface area contributed by atoms with Gasteiger partial charge in [0.2, 0.25) is 0 Å². The fourth-order valence-electron chi connectivity index (χ4n) is 2.91. The monoisotopic (exact) mass is 381 g/mol. The second-order valence-electron chi connectivity index (χ2n) is 5.70. The summed E-state index contributed by atoms with van der Waals surface area (Å²) >= 11 is 0. The Balaban J connectivity index is 2.45. The average molecular weight is 381 g/mol. The lowest BCUT2D eigenvalue weighted by molar-refractivity contribution is -0.141. The highest BCUT2D eigenvalue weighted by Gasteiger charge is 2.41. The number of halogens is 5. The van der Waals surface area contributed by atoms with E-state index in [0.29, 0.717) is 4.68 Å². The first kappa shape index (κ1) is 18.6. The van der Waals surface area contributed by atoms with Gasteiger partial charge in [0.15, 0.2) is 5.69 Å². The molecule has 0 fully saturated rings. The zero-order chi connectivity index (χ0) is 19.9. The molecular weight excluding hydrogens is 369 g/mol. The van der Waals surface area contributed by atoms with Gasteiger partial charge in [-0.1, -0.05) is 30.3 Å². The average Bonchev–Trinajstić information content (AvgIpc) is 2.95. The quantitative estimate of drug-likeness (QED) is 0.693. The summed E-state index contributed by atoms with van der Waals surface area (Å²) in [5.41, 5.74) is 1.39. The molecule has 140 valence electrons. The van der Waals surface area contributed by atoms with Crippen LogP contribution in [0.15, 0.2) is 42.5 Å². The molecule has 27 heavy (non-hydrogen) atoms. The Kier molecular flexibility index (Phi) is 4.46. The molecule has 3 aromatic rings. The van der Waals surface area contributed by atoms with Gasteiger partial charge in [-0.25, -0.2) is 8.78 Å². The molecule has 9 heteroatoms. The third-order valence-electron chi connectivity index (χ3n) is 3.97. The Labute approximate surface area is 150 Å². The number of aromatic nitrogens is 2. The molecule has 2 N–H and O–H groups in total. The van der Waals surface area contributed by atoms with Crippen molar-refractivity contribution in [1.29, 1.82) is 0 Å². The van der Waals surface area contributed by atoms with E-state index in [9.17, 15) is 26.7 Å². The number of nitrogens with two attached hydrogens (primary N) is 1. The summed E-state index contributed by atoms with van der Waals surface area (Å²) in [7, 11) is 1.09. The Morgan fingerprint density at radius 3 is 2.07 bits per heavy atom. The fraction of sp³-hybridized carbons (Fsp3) is 0.111. The molecule has 2 aromatic carbocycles. The normalized spacial score (nSPS) is 11.6. The summed E-state index contributed by atoms with van der Waals surface area (Å²) in [6.45, 7) is 0. The van der Waals surface area contributed by atoms with Gasteiger partial charge in [0.05, 0.1) is 11.3 Å². The maximum absolute atomic E-state index is 14.7. The van der Waals surface area contributed by atoms with Crippen molar-refractivity contribution in [3.63, 3.8) is 0 Å². The lowest BCUT2D eigenvalue weighted by atomic mass is 9.93. The molecule has 0 radical (unpaired) electrons. The first-order chi connectivity index (χ1) is 12.6. The van der Waals surface area contributed by atoms with Gasteiger partial charge in [-0.3, -0.25) is 9.48 Å². The Hall–Kier alpha value is -3.23. The third kappa shape index (κ3) is 3.16. The standard InChI is InChI=1S/C18H12F5N3O/c1-26-15(14(17(24)27)16(25-26)18(21,22)23)13-11(20)8-7-10(19)12(13)9-5-3-2-4-6-9/h2-8H,1H3,(H2,24,27). The first-order valence-corrected chi connectivity index (χ1v) is 7.60. The van der Waals surface area contributed by atoms with Gasteiger partial charge in [0, 0.05) is 18.2 Å². The number of aryl methyl sites for hydroxylation is 1. The molecule has 0 spiro atoms. The molecule has 0 aliphatic rings. The highest BCUT2D eigenvalue weighted by molar-refractivity contribution is 6.02. The highest BCUT2D eigenvalue weighted by Crippen LogP contribution is 2.41. The Morgan fingerprint density at radius 1 is 1.00 bits per heavy atom. The van der Waals surface area contributed by atoms with Crippen LogP contribution in [-0.4, -0.2) is 15.7 Å². The van der Waals surface area contributed by atoms with E-state index >= 15 is 0 Å². The molecule has 0 atom stereocenters. The van der Waals surface area contributed by atoms with Crippen LogP contribution in [0.1, 0.15) is 16.1 Å². The zero-order valence-electron chi connectivity index (χ0n) is 13.8. The molecule has 0 unspecified atom stereocenters. The van der Waals surface area contributed by atoms with E-state index in [1.165, 1.54) is 12.1 Å². The molecule has 0 aliphatic heterocycles. The number of rotatable bonds is 3. The van der Waals surface area contributed by atoms with Crippen molar-refractivity contribution < 1.29 is 26.7 Å². The molecule has 0 bridgehead atoms. The number of benzene rings is 2. The molecule has 0 saturated heterocycles. The summed E-state index contributed by atoms with van der Waals surface area (Å²) in [4.78, 5) is 11.8. The van der Waals surface area contributed by atoms with Gasteiger partial charge in [0.25, 0.3) is 5.91 Å². The molecule has 1 aromatic heterocycles. The maximum atomic E-state index is 14.7. The molecule has 1 heterocycles. The Bertz CT molecular complexity index is 1030. The van der Waals surface area contributed by atoms with E-state index in [1.807, 2.05) is 0 Å². The van der Waals surface area contributed by atoms with Crippen molar-refractivity contribution >= 4 is 5.91 Å². The number of hydrogen-bond donors (Lipinski definition) is 1. The molecule has 4 nitrogen and oxygen atoms in total. The van der Waals surface area contributed by atoms with Crippen molar-refractivity contribution in [2.75, 3.05) is 0 Å². The van der Waals surface area contributed by atoms with Gasteiger partial charge >= 0.3 is 6.18 Å². The molecule has 0 aliphatic carbocycles. The molecular formula is C18H12F5N3O. The van der Waals surface area contributed by atoms with Gasteiger partial charge in [-0.15, -0.1) is 0 Å². The van der Waals surface area contributed by atoms with Crippen LogP contribution in [0, 0.1) is 11.6 Å². The Morgan fingerprint density at radius 2 is 1.56 bits per heavy atom. The summed E-state index contributed by atoms with van der Waals surface area (Å²) in [6, 6.07) is 9.31. The summed E-state index contributed by atoms with van der Waals surface area (Å²) < 4.78 is 69.7. The topological polar surface area (TPSA) is 60.9 Å². The number of amides is 1. The minimum absolute atomic E-state index is 0.217. The minimum atomic E-state index is -5.00. The van der Waals surface area contributed by atoms with E-state index in [0.717, 1.165) is 19.2 Å². The summed E-state index contributed by atoms with van der Waals surface area (Å²) in [5.74, 6) is -3.34. The number of carbonyl (C=O) groups is 1. The smallest absolute Gasteiger partial charge is 0.365 e. The van der Waals surface area contributed by atoms with Crippen molar-refractivity contribution in [2.24, 2.45) is 12.8 Å². The van der Waals surface area contributed by atoms with E-state index in [1.54, 1.807) is 18.2 Å². The fourth-order valence-corrected chi connectivity index (χ4v) is 2.91. The summed E-state index contributed by atoms with van der Waals surface area (Å²) in [6.07, 6.45) is -5.00. The first-order valence-electron chi connectivity index (χ1n) is 7.60. The van der Waals surface area contributed by atoms with Crippen LogP contribution in [0.3, 0.4) is 0 Å². The number of carbonyl (C=O) groups excluding carboxylic acids is 1. The number of alkyl halides is 3. The number of hydrogen-bond acceptors (Lipinski definition) is 2. The van der Waals surface area contributed by atoms with Crippen molar-refractivity contribution in [2.45, 2.75) is 6.18 Å². The van der Waals surface area contributed by atoms with Gasteiger partial charge < -0.3 is 5.73 Å². The second kappa shape index (κ2) is 6.49. The van der Waals surface area contributed by atoms with E-state index in [4.69, 9.17) is 5.73 Å². The van der Waals surface area contributed by atoms with Gasteiger partial charge in [0.1, 0.15) is 11.6 Å². The van der Waals surface area contributed by atoms with Crippen molar-refractivity contribution in [3.05, 3.63) is 65.4 Å². The lowest BCUT2D eigenvalue weighted by Crippen LogP contribution is -2.18. The van der Waals surface area contributed by atoms with Gasteiger partial charge in [-0.2, -0.15) is 18.3 Å². The van der Waals surface area contributed by atoms with E-state index in [2.05, 4.69) is 5.10 Å². The number of primary amides is 1. The third-order valence-corrected chi connectivity index (χ3v) is 3.97. The van der Waals surface area contributed by atoms with Crippen molar-refractivity contribution in [3.8, 4) is 22.4 Å². The van der Waals surface area contributed by atoms with Gasteiger partial charge in [-0.05, 0) is 17.7 Å². The minimum Gasteiger partial charge on any atom is -0.365 e. The number of nitrogens with zero attached hydrogens (tertiary/aromatic N) is 2. The molecule has 0 saturated carbocycles. The van der Waals surface area contributed by atoms with Crippen molar-refractivity contribution in [1.82, 2.24) is 9.78 Å². The predicted octanol–water partition coefficient (Wildman–Crippen LogP) is 4.15. The van der Waals surface area contributed by atoms with Crippen LogP contribution in [0.25, 0.3) is 22.4 Å². The SMILES string of the molecule is Cn1nc(C(F)(F)F)c(C(N)=O)c1-c1c(F)ccc(F)c1-c1ccccc1. The summed E-state index contributed by atoms with van der Waals surface area (Å²) in [5, 5.41) is 3.29. The van der Waals surface area contributed by atoms with Crippen LogP contribution in [0.2, 0.25) is 0 Å². The lowest BCUT2D eigenvalue weighted by Gasteiger charge is -2.14. The van der Waals surface area contributed by atoms with E-state index < -0.39 is 46.2 Å². The molecule has 1 amide bonds. The van der Waals surface area contributed by atoms with Crippen LogP contribution in [-0.2, 0) is 13.2 Å². The van der Waals surface area contributed by atoms with Crippen LogP contribution in [0.4, 0.5) is 22.0 Å². The largest absolute Gasteiger partial charge is 0.435 e.